The van der Waals surface area contributed by atoms with E-state index in [0.29, 0.717) is 53.2 Å². The van der Waals surface area contributed by atoms with Crippen molar-refractivity contribution in [3.63, 3.8) is 0 Å². The number of epoxide rings is 1. The Bertz CT molecular complexity index is 3060. The lowest BCUT2D eigenvalue weighted by Crippen LogP contribution is -2.63. The highest BCUT2D eigenvalue weighted by Crippen LogP contribution is 2.49. The summed E-state index contributed by atoms with van der Waals surface area (Å²) in [6.07, 6.45) is 3.08. The maximum atomic E-state index is 14.6. The standard InChI is InChI=1S/C60H80Br2ClN9O15/c1-33(2)50(70-47(74)20-11-10-16-35(4)86-59(30-61,31-62)32-73)54(77)68-41(18-14-24-66-55(64)78)53(76)67-39-21-22-40(51-38(39)17-13-23-65-51)69-56(79)85-46-28-48(75)72(7)42-26-37(27-43(82-8)49(42)63)25-34(3)15-12-19-45(83-9)60(81)29-44(84-57(80)71-60)36(5)52-58(46,6)87-52/h12-13,15,17,19,21-23,26-27,32-33,35-36,41,44-46,50,52,81H,10-11,14,16,18,20,24-25,28-31H2,1-9H3,(H,67,76)(H,68,77)(H,69,79)(H,70,74)(H,71,80)(H3,64,66,78)/b19-12+,34-15+/t35?,36-,41+,44+,45-,46+,50+,52+,58+,60+/m1/s1. The minimum Gasteiger partial charge on any atom is -0.495 e. The molecule has 2 aromatic carbocycles. The van der Waals surface area contributed by atoms with Gasteiger partial charge in [-0.2, -0.15) is 0 Å². The van der Waals surface area contributed by atoms with Gasteiger partial charge in [-0.15, -0.1) is 0 Å². The highest BCUT2D eigenvalue weighted by Gasteiger charge is 2.64. The quantitative estimate of drug-likeness (QED) is 0.0185. The first-order valence-electron chi connectivity index (χ1n) is 28.7. The average molecular weight is 1360 g/mol. The van der Waals surface area contributed by atoms with Crippen molar-refractivity contribution in [2.75, 3.05) is 54.0 Å². The number of unbranched alkanes of at least 4 members (excludes halogenated alkanes) is 1. The lowest BCUT2D eigenvalue weighted by atomic mass is 9.83. The molecule has 4 heterocycles. The summed E-state index contributed by atoms with van der Waals surface area (Å²) in [5.41, 5.74) is 3.57. The number of alkyl halides is 2. The summed E-state index contributed by atoms with van der Waals surface area (Å²) in [4.78, 5) is 113. The van der Waals surface area contributed by atoms with E-state index in [1.54, 1.807) is 64.1 Å². The monoisotopic (exact) mass is 1360 g/mol. The molecule has 3 aromatic rings. The van der Waals surface area contributed by atoms with Crippen LogP contribution >= 0.6 is 43.5 Å². The normalized spacial score (nSPS) is 24.3. The molecule has 87 heavy (non-hydrogen) atoms. The maximum Gasteiger partial charge on any atom is 0.412 e. The number of alkyl carbamates (subject to hydrolysis) is 1. The predicted octanol–water partition coefficient (Wildman–Crippen LogP) is 7.63. The zero-order chi connectivity index (χ0) is 64.0. The van der Waals surface area contributed by atoms with E-state index in [-0.39, 0.29) is 66.2 Å². The van der Waals surface area contributed by atoms with Gasteiger partial charge in [0.05, 0.1) is 48.3 Å². The molecule has 10 atom stereocenters. The predicted molar refractivity (Wildman–Crippen MR) is 334 cm³/mol. The molecule has 3 aliphatic heterocycles. The lowest BCUT2D eigenvalue weighted by molar-refractivity contribution is -0.142. The fourth-order valence-electron chi connectivity index (χ4n) is 10.7. The fraction of sp³-hybridized carbons (Fsp3) is 0.550. The molecule has 1 aromatic heterocycles. The molecular weight excluding hydrogens is 1280 g/mol. The van der Waals surface area contributed by atoms with Crippen LogP contribution in [0.2, 0.25) is 5.02 Å². The van der Waals surface area contributed by atoms with E-state index in [4.69, 9.17) is 45.8 Å². The van der Waals surface area contributed by atoms with Crippen LogP contribution in [0.5, 0.6) is 5.75 Å². The van der Waals surface area contributed by atoms with Gasteiger partial charge in [-0.1, -0.05) is 94.5 Å². The maximum absolute atomic E-state index is 14.6. The average Bonchev–Trinajstić information content (AvgIpc) is 1.60. The number of aldehydes is 1. The van der Waals surface area contributed by atoms with Crippen molar-refractivity contribution in [2.45, 2.75) is 159 Å². The van der Waals surface area contributed by atoms with Crippen LogP contribution < -0.4 is 47.3 Å². The number of pyridine rings is 1. The van der Waals surface area contributed by atoms with Gasteiger partial charge in [-0.25, -0.2) is 14.4 Å². The number of hydrogen-bond acceptors (Lipinski definition) is 16. The molecule has 476 valence electrons. The Kier molecular flexibility index (Phi) is 25.0. The van der Waals surface area contributed by atoms with Crippen molar-refractivity contribution in [3.8, 4) is 5.75 Å². The number of carbonyl (C=O) groups is 8. The van der Waals surface area contributed by atoms with Gasteiger partial charge in [0, 0.05) is 61.7 Å². The van der Waals surface area contributed by atoms with E-state index >= 15 is 0 Å². The lowest BCUT2D eigenvalue weighted by Gasteiger charge is -2.42. The number of hydrogen-bond donors (Lipinski definition) is 8. The third kappa shape index (κ3) is 18.1. The van der Waals surface area contributed by atoms with Crippen molar-refractivity contribution in [2.24, 2.45) is 17.6 Å². The minimum absolute atomic E-state index is 0.0395. The van der Waals surface area contributed by atoms with E-state index in [0.717, 1.165) is 17.4 Å². The molecule has 27 heteroatoms. The molecule has 4 bridgehead atoms. The summed E-state index contributed by atoms with van der Waals surface area (Å²) in [7, 11) is 4.40. The minimum atomic E-state index is -1.91. The van der Waals surface area contributed by atoms with Crippen molar-refractivity contribution >= 4 is 120 Å². The molecule has 1 unspecified atom stereocenters. The number of carbonyl (C=O) groups excluding carboxylic acids is 8. The summed E-state index contributed by atoms with van der Waals surface area (Å²) >= 11 is 13.5. The van der Waals surface area contributed by atoms with E-state index in [1.807, 2.05) is 19.9 Å². The number of benzene rings is 2. The summed E-state index contributed by atoms with van der Waals surface area (Å²) in [6, 6.07) is 6.81. The number of urea groups is 1. The van der Waals surface area contributed by atoms with E-state index in [1.165, 1.54) is 44.5 Å². The zero-order valence-electron chi connectivity index (χ0n) is 50.3. The first-order valence-corrected chi connectivity index (χ1v) is 31.3. The number of primary amides is 1. The third-order valence-corrected chi connectivity index (χ3v) is 18.0. The van der Waals surface area contributed by atoms with E-state index < -0.39 is 108 Å². The Morgan fingerprint density at radius 1 is 1.02 bits per heavy atom. The molecule has 3 aliphatic rings. The Labute approximate surface area is 528 Å². The van der Waals surface area contributed by atoms with Gasteiger partial charge in [0.1, 0.15) is 52.4 Å². The van der Waals surface area contributed by atoms with E-state index in [9.17, 15) is 43.5 Å². The summed E-state index contributed by atoms with van der Waals surface area (Å²) in [5, 5.41) is 29.4. The topological polar surface area (TPSA) is 330 Å². The molecule has 8 amide bonds. The Hall–Kier alpha value is -6.42. The Morgan fingerprint density at radius 3 is 2.41 bits per heavy atom. The summed E-state index contributed by atoms with van der Waals surface area (Å²) in [6.45, 7) is 10.8. The number of rotatable bonds is 24. The van der Waals surface area contributed by atoms with Gasteiger partial charge in [-0.3, -0.25) is 34.8 Å². The van der Waals surface area contributed by atoms with Crippen LogP contribution in [0.15, 0.2) is 66.4 Å². The van der Waals surface area contributed by atoms with Gasteiger partial charge in [0.25, 0.3) is 0 Å². The summed E-state index contributed by atoms with van der Waals surface area (Å²) in [5.74, 6) is -2.87. The molecule has 2 saturated heterocycles. The second-order valence-corrected chi connectivity index (χ2v) is 24.3. The number of allylic oxidation sites excluding steroid dienone is 3. The van der Waals surface area contributed by atoms with Crippen LogP contribution in [0, 0.1) is 11.8 Å². The third-order valence-electron chi connectivity index (χ3n) is 15.7. The smallest absolute Gasteiger partial charge is 0.412 e. The zero-order valence-corrected chi connectivity index (χ0v) is 54.2. The summed E-state index contributed by atoms with van der Waals surface area (Å²) < 4.78 is 35.6. The largest absolute Gasteiger partial charge is 0.495 e. The number of nitrogens with zero attached hydrogens (tertiary/aromatic N) is 2. The van der Waals surface area contributed by atoms with Gasteiger partial charge in [-0.05, 0) is 101 Å². The van der Waals surface area contributed by atoms with Crippen molar-refractivity contribution < 1.29 is 71.9 Å². The number of nitrogens with two attached hydrogens (primary N) is 1. The molecule has 0 aliphatic carbocycles. The van der Waals surface area contributed by atoms with Crippen LogP contribution in [-0.2, 0) is 54.1 Å². The number of methoxy groups -OCH3 is 2. The molecule has 9 N–H and O–H groups in total. The number of ether oxygens (including phenoxy) is 6. The number of aliphatic hydroxyl groups is 1. The first-order chi connectivity index (χ1) is 41.2. The van der Waals surface area contributed by atoms with Gasteiger partial charge in [0.15, 0.2) is 12.0 Å². The second kappa shape index (κ2) is 31.2. The molecule has 0 spiro atoms. The van der Waals surface area contributed by atoms with Crippen molar-refractivity contribution in [3.05, 3.63) is 77.0 Å². The Balaban J connectivity index is 1.22. The molecular formula is C60H80Br2ClN9O15. The first kappa shape index (κ1) is 69.7. The number of halogens is 3. The number of nitrogens with one attached hydrogen (secondary N) is 6. The van der Waals surface area contributed by atoms with Gasteiger partial charge in [0.2, 0.25) is 23.6 Å². The number of aromatic nitrogens is 1. The van der Waals surface area contributed by atoms with Crippen LogP contribution in [0.3, 0.4) is 0 Å². The molecule has 24 nitrogen and oxygen atoms in total. The van der Waals surface area contributed by atoms with Crippen LogP contribution in [0.25, 0.3) is 10.9 Å². The fourth-order valence-corrected chi connectivity index (χ4v) is 12.4. The van der Waals surface area contributed by atoms with Gasteiger partial charge < -0.3 is 70.2 Å². The van der Waals surface area contributed by atoms with Gasteiger partial charge >= 0.3 is 18.2 Å². The molecule has 0 saturated carbocycles. The molecule has 6 rings (SSSR count). The number of amides is 8. The highest BCUT2D eigenvalue weighted by atomic mass is 79.9. The second-order valence-electron chi connectivity index (χ2n) is 22.8. The Morgan fingerprint density at radius 2 is 1.75 bits per heavy atom. The highest BCUT2D eigenvalue weighted by molar-refractivity contribution is 9.10. The van der Waals surface area contributed by atoms with Crippen molar-refractivity contribution in [1.29, 1.82) is 0 Å². The number of anilines is 3. The van der Waals surface area contributed by atoms with Crippen LogP contribution in [-0.4, -0.2) is 156 Å². The molecule has 0 radical (unpaired) electrons. The number of fused-ring (bicyclic) bond motifs is 6. The van der Waals surface area contributed by atoms with Crippen LogP contribution in [0.4, 0.5) is 31.4 Å². The van der Waals surface area contributed by atoms with Crippen molar-refractivity contribution in [1.82, 2.24) is 26.3 Å². The SMILES string of the molecule is COc1cc2cc(c1Cl)N(C)C(=O)C[C@H](OC(=O)Nc1ccc(NC(=O)[C@H](CCCNC(N)=O)NC(=O)[C@@H](NC(=O)CCCCC(C)OC(C=O)(CBr)CBr)C(C)C)c3cccnc13)[C@]1(C)O[C@H]1[C@H](C)[C@@H]1C[C@@](O)(NC(=O)O1)[C@H](OC)/C=C/C=C(\C)C2. The van der Waals surface area contributed by atoms with E-state index in [2.05, 4.69) is 68.7 Å². The molecule has 2 fully saturated rings. The van der Waals surface area contributed by atoms with Crippen LogP contribution in [0.1, 0.15) is 98.5 Å².